The van der Waals surface area contributed by atoms with Crippen LogP contribution >= 0.6 is 0 Å². The van der Waals surface area contributed by atoms with E-state index >= 15 is 0 Å². The van der Waals surface area contributed by atoms with Crippen molar-refractivity contribution in [3.05, 3.63) is 0 Å². The van der Waals surface area contributed by atoms with Gasteiger partial charge in [-0.05, 0) is 39.5 Å². The van der Waals surface area contributed by atoms with Gasteiger partial charge >= 0.3 is 12.1 Å². The van der Waals surface area contributed by atoms with Crippen molar-refractivity contribution in [1.29, 1.82) is 0 Å². The standard InChI is InChI=1S/C15H29NO5/c1-5-6-9-20-11-12(10-13(17)18)7-8-16-14(19)21-15(2,3)4/h12H,5-11H2,1-4H3,(H,16,19)(H,17,18)/t12-/m1/s1. The zero-order chi connectivity index (χ0) is 16.3. The van der Waals surface area contributed by atoms with Crippen LogP contribution in [0.25, 0.3) is 0 Å². The molecule has 1 atom stereocenters. The molecule has 0 unspecified atom stereocenters. The first-order valence-corrected chi connectivity index (χ1v) is 7.51. The van der Waals surface area contributed by atoms with Crippen molar-refractivity contribution < 1.29 is 24.2 Å². The van der Waals surface area contributed by atoms with Crippen molar-refractivity contribution in [2.24, 2.45) is 5.92 Å². The molecule has 0 aliphatic carbocycles. The summed E-state index contributed by atoms with van der Waals surface area (Å²) in [6, 6.07) is 0. The molecule has 0 aromatic heterocycles. The van der Waals surface area contributed by atoms with E-state index in [1.807, 2.05) is 0 Å². The third-order valence-corrected chi connectivity index (χ3v) is 2.68. The molecule has 0 saturated heterocycles. The minimum atomic E-state index is -0.851. The van der Waals surface area contributed by atoms with Crippen LogP contribution in [-0.2, 0) is 14.3 Å². The van der Waals surface area contributed by atoms with Gasteiger partial charge < -0.3 is 19.9 Å². The highest BCUT2D eigenvalue weighted by atomic mass is 16.6. The molecule has 0 aromatic rings. The van der Waals surface area contributed by atoms with Crippen LogP contribution in [0.4, 0.5) is 4.79 Å². The number of rotatable bonds is 10. The molecule has 1 amide bonds. The zero-order valence-electron chi connectivity index (χ0n) is 13.6. The number of hydrogen-bond acceptors (Lipinski definition) is 4. The van der Waals surface area contributed by atoms with E-state index < -0.39 is 17.7 Å². The number of unbranched alkanes of at least 4 members (excludes halogenated alkanes) is 1. The van der Waals surface area contributed by atoms with Crippen molar-refractivity contribution in [2.45, 2.75) is 59.0 Å². The van der Waals surface area contributed by atoms with Crippen LogP contribution in [0.1, 0.15) is 53.4 Å². The van der Waals surface area contributed by atoms with E-state index in [-0.39, 0.29) is 12.3 Å². The van der Waals surface area contributed by atoms with Crippen molar-refractivity contribution in [3.8, 4) is 0 Å². The number of nitrogens with one attached hydrogen (secondary N) is 1. The number of carboxylic acid groups (broad SMARTS) is 1. The summed E-state index contributed by atoms with van der Waals surface area (Å²) < 4.78 is 10.6. The number of carbonyl (C=O) groups excluding carboxylic acids is 1. The predicted octanol–water partition coefficient (Wildman–Crippen LogP) is 2.81. The second-order valence-electron chi connectivity index (χ2n) is 6.11. The van der Waals surface area contributed by atoms with Crippen LogP contribution in [0, 0.1) is 5.92 Å². The Morgan fingerprint density at radius 1 is 1.29 bits per heavy atom. The Bertz CT molecular complexity index is 312. The van der Waals surface area contributed by atoms with Gasteiger partial charge in [-0.25, -0.2) is 4.79 Å². The fraction of sp³-hybridized carbons (Fsp3) is 0.867. The summed E-state index contributed by atoms with van der Waals surface area (Å²) >= 11 is 0. The van der Waals surface area contributed by atoms with E-state index in [1.165, 1.54) is 0 Å². The summed E-state index contributed by atoms with van der Waals surface area (Å²) in [7, 11) is 0. The van der Waals surface area contributed by atoms with E-state index in [0.29, 0.717) is 26.2 Å². The lowest BCUT2D eigenvalue weighted by atomic mass is 10.0. The van der Waals surface area contributed by atoms with Gasteiger partial charge in [0.15, 0.2) is 0 Å². The molecule has 0 aliphatic heterocycles. The number of hydrogen-bond donors (Lipinski definition) is 2. The fourth-order valence-electron chi connectivity index (χ4n) is 1.68. The van der Waals surface area contributed by atoms with Crippen LogP contribution in [0.5, 0.6) is 0 Å². The van der Waals surface area contributed by atoms with Gasteiger partial charge in [-0.1, -0.05) is 13.3 Å². The minimum absolute atomic E-state index is 0.0438. The maximum atomic E-state index is 11.5. The van der Waals surface area contributed by atoms with Crippen LogP contribution < -0.4 is 5.32 Å². The molecule has 6 nitrogen and oxygen atoms in total. The van der Waals surface area contributed by atoms with E-state index in [9.17, 15) is 9.59 Å². The Morgan fingerprint density at radius 2 is 1.95 bits per heavy atom. The molecule has 6 heteroatoms. The van der Waals surface area contributed by atoms with E-state index in [2.05, 4.69) is 12.2 Å². The molecular formula is C15H29NO5. The smallest absolute Gasteiger partial charge is 0.407 e. The van der Waals surface area contributed by atoms with Crippen LogP contribution in [0.15, 0.2) is 0 Å². The van der Waals surface area contributed by atoms with Gasteiger partial charge in [0.2, 0.25) is 0 Å². The molecule has 0 bridgehead atoms. The van der Waals surface area contributed by atoms with Gasteiger partial charge in [0, 0.05) is 13.2 Å². The first-order chi connectivity index (χ1) is 9.74. The molecular weight excluding hydrogens is 274 g/mol. The molecule has 21 heavy (non-hydrogen) atoms. The van der Waals surface area contributed by atoms with Crippen LogP contribution in [0.2, 0.25) is 0 Å². The predicted molar refractivity (Wildman–Crippen MR) is 80.3 cm³/mol. The van der Waals surface area contributed by atoms with Gasteiger partial charge in [0.1, 0.15) is 5.60 Å². The topological polar surface area (TPSA) is 84.9 Å². The Hall–Kier alpha value is -1.30. The largest absolute Gasteiger partial charge is 0.481 e. The molecule has 0 aliphatic rings. The number of amides is 1. The average molecular weight is 303 g/mol. The minimum Gasteiger partial charge on any atom is -0.481 e. The Morgan fingerprint density at radius 3 is 2.48 bits per heavy atom. The fourth-order valence-corrected chi connectivity index (χ4v) is 1.68. The third-order valence-electron chi connectivity index (χ3n) is 2.68. The van der Waals surface area contributed by atoms with Crippen molar-refractivity contribution in [1.82, 2.24) is 5.32 Å². The lowest BCUT2D eigenvalue weighted by Gasteiger charge is -2.20. The molecule has 2 N–H and O–H groups in total. The van der Waals surface area contributed by atoms with Gasteiger partial charge in [-0.3, -0.25) is 4.79 Å². The second kappa shape index (κ2) is 10.4. The van der Waals surface area contributed by atoms with Crippen molar-refractivity contribution in [2.75, 3.05) is 19.8 Å². The maximum absolute atomic E-state index is 11.5. The van der Waals surface area contributed by atoms with Crippen molar-refractivity contribution >= 4 is 12.1 Å². The summed E-state index contributed by atoms with van der Waals surface area (Å²) in [4.78, 5) is 22.3. The number of carboxylic acids is 1. The van der Waals surface area contributed by atoms with E-state index in [0.717, 1.165) is 12.8 Å². The van der Waals surface area contributed by atoms with Crippen LogP contribution in [0.3, 0.4) is 0 Å². The zero-order valence-corrected chi connectivity index (χ0v) is 13.6. The summed E-state index contributed by atoms with van der Waals surface area (Å²) in [5, 5.41) is 11.5. The lowest BCUT2D eigenvalue weighted by molar-refractivity contribution is -0.138. The molecule has 0 radical (unpaired) electrons. The summed E-state index contributed by atoms with van der Waals surface area (Å²) in [5.41, 5.74) is -0.534. The van der Waals surface area contributed by atoms with E-state index in [4.69, 9.17) is 14.6 Å². The van der Waals surface area contributed by atoms with Gasteiger partial charge in [-0.15, -0.1) is 0 Å². The highest BCUT2D eigenvalue weighted by molar-refractivity contribution is 5.68. The molecule has 0 aromatic carbocycles. The number of aliphatic carboxylic acids is 1. The Labute approximate surface area is 127 Å². The Balaban J connectivity index is 3.99. The number of carbonyl (C=O) groups is 2. The third kappa shape index (κ3) is 13.4. The Kier molecular flexibility index (Phi) is 9.78. The summed E-state index contributed by atoms with van der Waals surface area (Å²) in [6.07, 6.45) is 2.13. The molecule has 0 saturated carbocycles. The lowest BCUT2D eigenvalue weighted by Crippen LogP contribution is -2.34. The van der Waals surface area contributed by atoms with E-state index in [1.54, 1.807) is 20.8 Å². The summed E-state index contributed by atoms with van der Waals surface area (Å²) in [5.74, 6) is -0.953. The quantitative estimate of drug-likeness (QED) is 0.606. The molecule has 0 fully saturated rings. The molecule has 0 spiro atoms. The second-order valence-corrected chi connectivity index (χ2v) is 6.11. The number of ether oxygens (including phenoxy) is 2. The van der Waals surface area contributed by atoms with Gasteiger partial charge in [-0.2, -0.15) is 0 Å². The maximum Gasteiger partial charge on any atom is 0.407 e. The first kappa shape index (κ1) is 19.7. The summed E-state index contributed by atoms with van der Waals surface area (Å²) in [6.45, 7) is 8.88. The molecule has 0 rings (SSSR count). The molecule has 0 heterocycles. The van der Waals surface area contributed by atoms with Crippen LogP contribution in [-0.4, -0.2) is 42.5 Å². The molecule has 124 valence electrons. The first-order valence-electron chi connectivity index (χ1n) is 7.51. The van der Waals surface area contributed by atoms with Gasteiger partial charge in [0.25, 0.3) is 0 Å². The number of alkyl carbamates (subject to hydrolysis) is 1. The normalized spacial score (nSPS) is 12.8. The highest BCUT2D eigenvalue weighted by Gasteiger charge is 2.17. The SMILES string of the molecule is CCCCOC[C@H](CCNC(=O)OC(C)(C)C)CC(=O)O. The van der Waals surface area contributed by atoms with Crippen molar-refractivity contribution in [3.63, 3.8) is 0 Å². The monoisotopic (exact) mass is 303 g/mol. The highest BCUT2D eigenvalue weighted by Crippen LogP contribution is 2.10. The van der Waals surface area contributed by atoms with Gasteiger partial charge in [0.05, 0.1) is 13.0 Å². The average Bonchev–Trinajstić information content (AvgIpc) is 2.31.